The van der Waals surface area contributed by atoms with Gasteiger partial charge in [-0.25, -0.2) is 0 Å². The Labute approximate surface area is 156 Å². The fraction of sp³-hybridized carbons (Fsp3) is 0.909. The van der Waals surface area contributed by atoms with E-state index in [2.05, 4.69) is 27.7 Å². The first-order valence-corrected chi connectivity index (χ1v) is 10.4. The van der Waals surface area contributed by atoms with Crippen molar-refractivity contribution < 1.29 is 19.1 Å². The Balaban J connectivity index is 1.62. The maximum Gasteiger partial charge on any atom is 0.302 e. The predicted molar refractivity (Wildman–Crippen MR) is 96.3 cm³/mol. The topological polar surface area (TPSA) is 55.9 Å². The van der Waals surface area contributed by atoms with E-state index in [1.807, 2.05) is 0 Å². The molecule has 5 aliphatic rings. The molecule has 4 nitrogen and oxygen atoms in total. The molecule has 0 amide bonds. The summed E-state index contributed by atoms with van der Waals surface area (Å²) in [5.74, 6) is 0.956. The molecule has 1 saturated heterocycles. The Morgan fingerprint density at radius 1 is 1.08 bits per heavy atom. The van der Waals surface area contributed by atoms with Crippen LogP contribution in [0.15, 0.2) is 0 Å². The van der Waals surface area contributed by atoms with Crippen molar-refractivity contribution in [1.29, 1.82) is 0 Å². The lowest BCUT2D eigenvalue weighted by Crippen LogP contribution is -2.64. The average Bonchev–Trinajstić information content (AvgIpc) is 3.30. The minimum Gasteiger partial charge on any atom is -0.462 e. The van der Waals surface area contributed by atoms with E-state index in [1.54, 1.807) is 0 Å². The summed E-state index contributed by atoms with van der Waals surface area (Å²) in [4.78, 5) is 25.1. The molecular weight excluding hydrogens is 328 g/mol. The molecule has 8 atom stereocenters. The van der Waals surface area contributed by atoms with Crippen LogP contribution >= 0.6 is 0 Å². The van der Waals surface area contributed by atoms with Gasteiger partial charge in [-0.05, 0) is 49.4 Å². The van der Waals surface area contributed by atoms with Crippen LogP contribution < -0.4 is 0 Å². The second-order valence-corrected chi connectivity index (χ2v) is 11.1. The standard InChI is InChI=1S/C22H32O4/c1-12(23)25-16-7-8-19(2,3)13-6-9-22-11-20(4,17-18(22)26-17)15(24)10-14(22)21(13,16)5/h13-14,16-18H,6-11H2,1-5H3/t13-,14+,16+,17+,18-,20-,21-,22+/m1/s1. The van der Waals surface area contributed by atoms with Crippen LogP contribution in [-0.2, 0) is 19.1 Å². The number of hydrogen-bond acceptors (Lipinski definition) is 4. The number of Topliss-reactive ketones (excluding diaryl/α,β-unsaturated/α-hetero) is 1. The Morgan fingerprint density at radius 3 is 2.50 bits per heavy atom. The number of ketones is 1. The molecule has 0 aromatic carbocycles. The Bertz CT molecular complexity index is 698. The summed E-state index contributed by atoms with van der Waals surface area (Å²) in [5.41, 5.74) is -0.0708. The maximum atomic E-state index is 13.2. The summed E-state index contributed by atoms with van der Waals surface area (Å²) >= 11 is 0. The van der Waals surface area contributed by atoms with E-state index in [0.29, 0.717) is 18.1 Å². The molecule has 0 aromatic heterocycles. The van der Waals surface area contributed by atoms with Gasteiger partial charge in [0.1, 0.15) is 11.9 Å². The molecule has 4 heteroatoms. The van der Waals surface area contributed by atoms with Gasteiger partial charge in [0.2, 0.25) is 0 Å². The molecule has 26 heavy (non-hydrogen) atoms. The number of hydrogen-bond donors (Lipinski definition) is 0. The third-order valence-electron chi connectivity index (χ3n) is 9.50. The molecule has 1 heterocycles. The smallest absolute Gasteiger partial charge is 0.302 e. The van der Waals surface area contributed by atoms with Crippen molar-refractivity contribution in [1.82, 2.24) is 0 Å². The summed E-state index contributed by atoms with van der Waals surface area (Å²) < 4.78 is 12.0. The van der Waals surface area contributed by atoms with Crippen LogP contribution in [0.1, 0.15) is 73.1 Å². The van der Waals surface area contributed by atoms with Gasteiger partial charge in [0.15, 0.2) is 0 Å². The van der Waals surface area contributed by atoms with E-state index in [9.17, 15) is 9.59 Å². The fourth-order valence-corrected chi connectivity index (χ4v) is 8.39. The number of carbonyl (C=O) groups excluding carboxylic acids is 2. The van der Waals surface area contributed by atoms with Crippen LogP contribution in [0.4, 0.5) is 0 Å². The molecule has 0 aromatic rings. The average molecular weight is 360 g/mol. The first kappa shape index (κ1) is 17.2. The molecule has 144 valence electrons. The molecule has 0 radical (unpaired) electrons. The van der Waals surface area contributed by atoms with Gasteiger partial charge in [0.05, 0.1) is 17.6 Å². The quantitative estimate of drug-likeness (QED) is 0.525. The van der Waals surface area contributed by atoms with E-state index in [4.69, 9.17) is 9.47 Å². The van der Waals surface area contributed by atoms with Gasteiger partial charge in [0.25, 0.3) is 0 Å². The van der Waals surface area contributed by atoms with E-state index >= 15 is 0 Å². The molecule has 0 unspecified atom stereocenters. The summed E-state index contributed by atoms with van der Waals surface area (Å²) in [6, 6.07) is 0. The maximum absolute atomic E-state index is 13.2. The number of epoxide rings is 1. The molecule has 2 bridgehead atoms. The van der Waals surface area contributed by atoms with Gasteiger partial charge >= 0.3 is 5.97 Å². The van der Waals surface area contributed by atoms with Crippen LogP contribution in [0.2, 0.25) is 0 Å². The van der Waals surface area contributed by atoms with Gasteiger partial charge in [-0.15, -0.1) is 0 Å². The lowest BCUT2D eigenvalue weighted by molar-refractivity contribution is -0.223. The first-order chi connectivity index (χ1) is 12.1. The van der Waals surface area contributed by atoms with Crippen molar-refractivity contribution >= 4 is 11.8 Å². The monoisotopic (exact) mass is 360 g/mol. The van der Waals surface area contributed by atoms with Crippen molar-refractivity contribution in [2.75, 3.05) is 0 Å². The SMILES string of the molecule is CC(=O)O[C@H]1CCC(C)(C)[C@H]2CC[C@]34C[C@](C)(C(=O)C[C@H]3[C@]12C)[C@H]1O[C@H]14. The van der Waals surface area contributed by atoms with Crippen molar-refractivity contribution in [3.8, 4) is 0 Å². The Kier molecular flexibility index (Phi) is 3.14. The zero-order valence-corrected chi connectivity index (χ0v) is 16.8. The van der Waals surface area contributed by atoms with Crippen LogP contribution in [0.5, 0.6) is 0 Å². The lowest BCUT2D eigenvalue weighted by atomic mass is 9.39. The van der Waals surface area contributed by atoms with Crippen LogP contribution in [0.3, 0.4) is 0 Å². The predicted octanol–water partition coefficient (Wildman–Crippen LogP) is 3.91. The molecule has 5 fully saturated rings. The van der Waals surface area contributed by atoms with Gasteiger partial charge < -0.3 is 9.47 Å². The first-order valence-electron chi connectivity index (χ1n) is 10.4. The summed E-state index contributed by atoms with van der Waals surface area (Å²) in [7, 11) is 0. The van der Waals surface area contributed by atoms with Crippen molar-refractivity contribution in [2.45, 2.75) is 91.5 Å². The lowest BCUT2D eigenvalue weighted by Gasteiger charge is -2.66. The highest BCUT2D eigenvalue weighted by Crippen LogP contribution is 2.77. The largest absolute Gasteiger partial charge is 0.462 e. The summed E-state index contributed by atoms with van der Waals surface area (Å²) in [6.07, 6.45) is 6.27. The number of rotatable bonds is 1. The second-order valence-electron chi connectivity index (χ2n) is 11.1. The van der Waals surface area contributed by atoms with E-state index in [-0.39, 0.29) is 51.9 Å². The number of carbonyl (C=O) groups is 2. The molecule has 5 rings (SSSR count). The Hall–Kier alpha value is -0.900. The number of fused-ring (bicyclic) bond motifs is 5. The molecule has 1 aliphatic heterocycles. The van der Waals surface area contributed by atoms with Crippen molar-refractivity contribution in [2.24, 2.45) is 33.5 Å². The highest BCUT2D eigenvalue weighted by molar-refractivity contribution is 5.88. The zero-order chi connectivity index (χ0) is 18.7. The molecule has 4 aliphatic carbocycles. The minimum absolute atomic E-state index is 0.0739. The van der Waals surface area contributed by atoms with Crippen LogP contribution in [0, 0.1) is 33.5 Å². The molecule has 0 N–H and O–H groups in total. The van der Waals surface area contributed by atoms with Gasteiger partial charge in [-0.1, -0.05) is 27.7 Å². The van der Waals surface area contributed by atoms with Crippen LogP contribution in [0.25, 0.3) is 0 Å². The molecule has 1 spiro atoms. The van der Waals surface area contributed by atoms with E-state index < -0.39 is 0 Å². The Morgan fingerprint density at radius 2 is 1.81 bits per heavy atom. The minimum atomic E-state index is -0.272. The normalized spacial score (nSPS) is 56.2. The summed E-state index contributed by atoms with van der Waals surface area (Å²) in [6.45, 7) is 10.7. The number of ether oxygens (including phenoxy) is 2. The third kappa shape index (κ3) is 1.80. The molecule has 4 saturated carbocycles. The van der Waals surface area contributed by atoms with Crippen LogP contribution in [-0.4, -0.2) is 30.1 Å². The van der Waals surface area contributed by atoms with E-state index in [1.165, 1.54) is 6.92 Å². The van der Waals surface area contributed by atoms with E-state index in [0.717, 1.165) is 32.1 Å². The highest BCUT2D eigenvalue weighted by Gasteiger charge is 2.80. The summed E-state index contributed by atoms with van der Waals surface area (Å²) in [5, 5.41) is 0. The van der Waals surface area contributed by atoms with Gasteiger partial charge in [0, 0.05) is 24.2 Å². The van der Waals surface area contributed by atoms with Gasteiger partial charge in [-0.2, -0.15) is 0 Å². The van der Waals surface area contributed by atoms with Gasteiger partial charge in [-0.3, -0.25) is 9.59 Å². The zero-order valence-electron chi connectivity index (χ0n) is 16.8. The number of esters is 1. The third-order valence-corrected chi connectivity index (χ3v) is 9.50. The second kappa shape index (κ2) is 4.74. The highest BCUT2D eigenvalue weighted by atomic mass is 16.6. The fourth-order valence-electron chi connectivity index (χ4n) is 8.39. The molecular formula is C22H32O4. The van der Waals surface area contributed by atoms with Crippen molar-refractivity contribution in [3.05, 3.63) is 0 Å². The van der Waals surface area contributed by atoms with Crippen molar-refractivity contribution in [3.63, 3.8) is 0 Å².